The number of benzene rings is 3. The van der Waals surface area contributed by atoms with Crippen LogP contribution in [-0.4, -0.2) is 24.7 Å². The molecule has 148 valence electrons. The molecule has 0 spiro atoms. The van der Waals surface area contributed by atoms with Gasteiger partial charge < -0.3 is 5.11 Å². The van der Waals surface area contributed by atoms with E-state index in [2.05, 4.69) is 0 Å². The van der Waals surface area contributed by atoms with Gasteiger partial charge in [-0.2, -0.15) is 0 Å². The van der Waals surface area contributed by atoms with Gasteiger partial charge in [-0.3, -0.25) is 4.79 Å². The average Bonchev–Trinajstić information content (AvgIpc) is 2.73. The van der Waals surface area contributed by atoms with Crippen LogP contribution >= 0.6 is 0 Å². The van der Waals surface area contributed by atoms with Gasteiger partial charge in [0.05, 0.1) is 16.6 Å². The first-order chi connectivity index (χ1) is 13.9. The van der Waals surface area contributed by atoms with E-state index in [4.69, 9.17) is 0 Å². The van der Waals surface area contributed by atoms with Crippen LogP contribution in [0.3, 0.4) is 0 Å². The zero-order chi connectivity index (χ0) is 20.7. The summed E-state index contributed by atoms with van der Waals surface area (Å²) in [6, 6.07) is 25.4. The van der Waals surface area contributed by atoms with E-state index in [1.165, 1.54) is 0 Å². The van der Waals surface area contributed by atoms with E-state index in [-0.39, 0.29) is 11.3 Å². The van der Waals surface area contributed by atoms with Gasteiger partial charge in [0.2, 0.25) is 0 Å². The quantitative estimate of drug-likeness (QED) is 0.550. The van der Waals surface area contributed by atoms with E-state index in [9.17, 15) is 18.3 Å². The van der Waals surface area contributed by atoms with E-state index in [0.717, 1.165) is 16.7 Å². The predicted octanol–water partition coefficient (Wildman–Crippen LogP) is 4.72. The van der Waals surface area contributed by atoms with Crippen molar-refractivity contribution < 1.29 is 18.3 Å². The Morgan fingerprint density at radius 2 is 1.31 bits per heavy atom. The number of carboxylic acid groups (broad SMARTS) is 1. The maximum Gasteiger partial charge on any atom is 0.304 e. The second-order valence-corrected chi connectivity index (χ2v) is 9.00. The molecule has 3 rings (SSSR count). The molecule has 29 heavy (non-hydrogen) atoms. The van der Waals surface area contributed by atoms with Crippen LogP contribution < -0.4 is 0 Å². The first kappa shape index (κ1) is 20.6. The van der Waals surface area contributed by atoms with E-state index in [0.29, 0.717) is 0 Å². The maximum absolute atomic E-state index is 13.1. The average molecular weight is 407 g/mol. The fraction of sp³-hybridized carbons (Fsp3) is 0.125. The normalized spacial score (nSPS) is 12.7. The molecule has 0 aliphatic rings. The summed E-state index contributed by atoms with van der Waals surface area (Å²) in [4.78, 5) is 11.4. The van der Waals surface area contributed by atoms with E-state index in [1.54, 1.807) is 24.3 Å². The van der Waals surface area contributed by atoms with Crippen molar-refractivity contribution in [2.24, 2.45) is 0 Å². The Morgan fingerprint density at radius 3 is 1.86 bits per heavy atom. The minimum Gasteiger partial charge on any atom is -0.481 e. The number of rotatable bonds is 8. The van der Waals surface area contributed by atoms with E-state index >= 15 is 0 Å². The number of hydrogen-bond donors (Lipinski definition) is 1. The lowest BCUT2D eigenvalue weighted by atomic mass is 10.1. The molecule has 0 aromatic heterocycles. The second-order valence-electron chi connectivity index (χ2n) is 6.77. The van der Waals surface area contributed by atoms with Crippen LogP contribution in [0, 0.1) is 0 Å². The summed E-state index contributed by atoms with van der Waals surface area (Å²) in [5.74, 6) is -1.13. The van der Waals surface area contributed by atoms with Crippen molar-refractivity contribution in [1.29, 1.82) is 0 Å². The zero-order valence-corrected chi connectivity index (χ0v) is 16.6. The molecule has 0 saturated carbocycles. The topological polar surface area (TPSA) is 71.4 Å². The number of carboxylic acids is 1. The Bertz CT molecular complexity index is 1070. The fourth-order valence-electron chi connectivity index (χ4n) is 3.08. The molecule has 0 aliphatic carbocycles. The molecule has 0 amide bonds. The summed E-state index contributed by atoms with van der Waals surface area (Å²) >= 11 is 0. The van der Waals surface area contributed by atoms with Crippen molar-refractivity contribution in [3.63, 3.8) is 0 Å². The van der Waals surface area contributed by atoms with Gasteiger partial charge in [0.1, 0.15) is 0 Å². The standard InChI is InChI=1S/C24H22O4S/c25-24(26)18-23(17-21-9-5-2-6-10-21)29(27,28)22-15-13-20(14-16-22)12-11-19-7-3-1-4-8-19/h1-16,23H,17-18H2,(H,25,26)/b12-11+. The summed E-state index contributed by atoms with van der Waals surface area (Å²) < 4.78 is 26.2. The highest BCUT2D eigenvalue weighted by Gasteiger charge is 2.29. The summed E-state index contributed by atoms with van der Waals surface area (Å²) in [5, 5.41) is 8.20. The van der Waals surface area contributed by atoms with Gasteiger partial charge in [0, 0.05) is 0 Å². The van der Waals surface area contributed by atoms with Gasteiger partial charge in [-0.15, -0.1) is 0 Å². The minimum atomic E-state index is -3.78. The van der Waals surface area contributed by atoms with Gasteiger partial charge in [-0.25, -0.2) is 8.42 Å². The third kappa shape index (κ3) is 5.65. The summed E-state index contributed by atoms with van der Waals surface area (Å²) in [6.45, 7) is 0. The second kappa shape index (κ2) is 9.34. The Hall–Kier alpha value is -3.18. The van der Waals surface area contributed by atoms with Crippen LogP contribution in [0.4, 0.5) is 0 Å². The first-order valence-electron chi connectivity index (χ1n) is 9.28. The molecule has 3 aromatic carbocycles. The van der Waals surface area contributed by atoms with Gasteiger partial charge in [0.25, 0.3) is 0 Å². The summed E-state index contributed by atoms with van der Waals surface area (Å²) in [7, 11) is -3.78. The molecular formula is C24H22O4S. The Morgan fingerprint density at radius 1 is 0.793 bits per heavy atom. The molecule has 0 radical (unpaired) electrons. The lowest BCUT2D eigenvalue weighted by Crippen LogP contribution is -2.27. The number of aliphatic carboxylic acids is 1. The monoisotopic (exact) mass is 406 g/mol. The third-order valence-electron chi connectivity index (χ3n) is 4.62. The van der Waals surface area contributed by atoms with Crippen molar-refractivity contribution in [1.82, 2.24) is 0 Å². The van der Waals surface area contributed by atoms with Crippen LogP contribution in [0.15, 0.2) is 89.8 Å². The van der Waals surface area contributed by atoms with E-state index < -0.39 is 27.5 Å². The van der Waals surface area contributed by atoms with Crippen LogP contribution in [0.5, 0.6) is 0 Å². The molecule has 1 N–H and O–H groups in total. The zero-order valence-electron chi connectivity index (χ0n) is 15.8. The van der Waals surface area contributed by atoms with Crippen LogP contribution in [0.1, 0.15) is 23.1 Å². The van der Waals surface area contributed by atoms with Gasteiger partial charge >= 0.3 is 5.97 Å². The molecular weight excluding hydrogens is 384 g/mol. The summed E-state index contributed by atoms with van der Waals surface area (Å²) in [5.41, 5.74) is 2.71. The fourth-order valence-corrected chi connectivity index (χ4v) is 4.76. The largest absolute Gasteiger partial charge is 0.481 e. The van der Waals surface area contributed by atoms with Crippen molar-refractivity contribution >= 4 is 28.0 Å². The van der Waals surface area contributed by atoms with E-state index in [1.807, 2.05) is 72.8 Å². The number of hydrogen-bond acceptors (Lipinski definition) is 3. The Balaban J connectivity index is 1.82. The molecule has 0 bridgehead atoms. The highest BCUT2D eigenvalue weighted by atomic mass is 32.2. The minimum absolute atomic E-state index is 0.136. The summed E-state index contributed by atoms with van der Waals surface area (Å²) in [6.07, 6.45) is 3.58. The molecule has 0 saturated heterocycles. The Labute approximate surface area is 171 Å². The lowest BCUT2D eigenvalue weighted by Gasteiger charge is -2.16. The van der Waals surface area contributed by atoms with Crippen LogP contribution in [-0.2, 0) is 21.1 Å². The lowest BCUT2D eigenvalue weighted by molar-refractivity contribution is -0.137. The predicted molar refractivity (Wildman–Crippen MR) is 115 cm³/mol. The van der Waals surface area contributed by atoms with Crippen LogP contribution in [0.2, 0.25) is 0 Å². The van der Waals surface area contributed by atoms with Gasteiger partial charge in [-0.05, 0) is 35.2 Å². The molecule has 3 aromatic rings. The third-order valence-corrected chi connectivity index (χ3v) is 6.76. The van der Waals surface area contributed by atoms with Crippen molar-refractivity contribution in [2.45, 2.75) is 23.0 Å². The smallest absolute Gasteiger partial charge is 0.304 e. The molecule has 0 aliphatic heterocycles. The molecule has 1 atom stereocenters. The number of carbonyl (C=O) groups is 1. The SMILES string of the molecule is O=C(O)CC(Cc1ccccc1)S(=O)(=O)c1ccc(/C=C/c2ccccc2)cc1. The Kier molecular flexibility index (Phi) is 6.62. The van der Waals surface area contributed by atoms with Crippen LogP contribution in [0.25, 0.3) is 12.2 Å². The molecule has 0 fully saturated rings. The van der Waals surface area contributed by atoms with Crippen molar-refractivity contribution in [2.75, 3.05) is 0 Å². The highest BCUT2D eigenvalue weighted by Crippen LogP contribution is 2.23. The highest BCUT2D eigenvalue weighted by molar-refractivity contribution is 7.92. The molecule has 4 nitrogen and oxygen atoms in total. The van der Waals surface area contributed by atoms with Crippen molar-refractivity contribution in [3.05, 3.63) is 102 Å². The van der Waals surface area contributed by atoms with Gasteiger partial charge in [-0.1, -0.05) is 84.9 Å². The molecule has 0 heterocycles. The maximum atomic E-state index is 13.1. The first-order valence-corrected chi connectivity index (χ1v) is 10.8. The number of sulfone groups is 1. The van der Waals surface area contributed by atoms with Crippen molar-refractivity contribution in [3.8, 4) is 0 Å². The van der Waals surface area contributed by atoms with Gasteiger partial charge in [0.15, 0.2) is 9.84 Å². The molecule has 5 heteroatoms. The molecule has 1 unspecified atom stereocenters.